The lowest BCUT2D eigenvalue weighted by atomic mass is 10.2. The van der Waals surface area contributed by atoms with Crippen molar-refractivity contribution in [2.24, 2.45) is 10.2 Å². The molecule has 0 aliphatic rings. The fraction of sp³-hybridized carbons (Fsp3) is 0.200. The molecular weight excluding hydrogens is 463 g/mol. The Morgan fingerprint density at radius 2 is 1.22 bits per heavy atom. The zero-order chi connectivity index (χ0) is 23.7. The van der Waals surface area contributed by atoms with E-state index in [0.29, 0.717) is 24.3 Å². The van der Waals surface area contributed by atoms with E-state index in [0.717, 1.165) is 0 Å². The zero-order valence-electron chi connectivity index (χ0n) is 17.1. The third-order valence-corrected chi connectivity index (χ3v) is 4.24. The van der Waals surface area contributed by atoms with Crippen molar-refractivity contribution in [3.8, 4) is 23.0 Å². The molecule has 4 N–H and O–H groups in total. The average Bonchev–Trinajstić information content (AvgIpc) is 2.75. The van der Waals surface area contributed by atoms with E-state index >= 15 is 0 Å². The van der Waals surface area contributed by atoms with Crippen LogP contribution in [0.3, 0.4) is 0 Å². The van der Waals surface area contributed by atoms with E-state index in [1.165, 1.54) is 36.7 Å². The minimum absolute atomic E-state index is 0.0395. The second-order valence-corrected chi connectivity index (χ2v) is 6.78. The number of ether oxygens (including phenoxy) is 2. The summed E-state index contributed by atoms with van der Waals surface area (Å²) in [4.78, 5) is 23.7. The van der Waals surface area contributed by atoms with Crippen LogP contribution >= 0.6 is 23.2 Å². The lowest BCUT2D eigenvalue weighted by molar-refractivity contribution is -0.139. The summed E-state index contributed by atoms with van der Waals surface area (Å²) in [5, 5.41) is 27.0. The maximum atomic E-state index is 11.8. The maximum absolute atomic E-state index is 11.8. The topological polar surface area (TPSA) is 142 Å². The van der Waals surface area contributed by atoms with Gasteiger partial charge in [-0.2, -0.15) is 10.2 Å². The molecular formula is C20H20Cl2N4O6. The molecule has 2 rings (SSSR count). The number of halogens is 2. The van der Waals surface area contributed by atoms with Crippen molar-refractivity contribution in [2.45, 2.75) is 13.8 Å². The van der Waals surface area contributed by atoms with E-state index in [4.69, 9.17) is 32.7 Å². The van der Waals surface area contributed by atoms with Crippen LogP contribution in [0.4, 0.5) is 0 Å². The van der Waals surface area contributed by atoms with Gasteiger partial charge >= 0.3 is 11.8 Å². The number of carbonyl (C=O) groups is 2. The molecule has 0 saturated heterocycles. The van der Waals surface area contributed by atoms with Gasteiger partial charge in [-0.25, -0.2) is 10.9 Å². The summed E-state index contributed by atoms with van der Waals surface area (Å²) in [7, 11) is 0. The number of carbonyl (C=O) groups excluding carboxylic acids is 2. The van der Waals surface area contributed by atoms with E-state index in [1.807, 2.05) is 10.9 Å². The highest BCUT2D eigenvalue weighted by atomic mass is 35.5. The van der Waals surface area contributed by atoms with Crippen molar-refractivity contribution in [2.75, 3.05) is 13.2 Å². The van der Waals surface area contributed by atoms with Crippen LogP contribution in [0.1, 0.15) is 25.0 Å². The molecule has 10 nitrogen and oxygen atoms in total. The second kappa shape index (κ2) is 11.8. The summed E-state index contributed by atoms with van der Waals surface area (Å²) in [5.74, 6) is -2.27. The Morgan fingerprint density at radius 3 is 1.56 bits per heavy atom. The molecule has 32 heavy (non-hydrogen) atoms. The van der Waals surface area contributed by atoms with Crippen molar-refractivity contribution in [1.29, 1.82) is 0 Å². The number of nitrogens with one attached hydrogen (secondary N) is 2. The summed E-state index contributed by atoms with van der Waals surface area (Å²) >= 11 is 11.8. The normalized spacial score (nSPS) is 11.0. The molecule has 12 heteroatoms. The summed E-state index contributed by atoms with van der Waals surface area (Å²) in [6.07, 6.45) is 2.44. The number of hydrogen-bond acceptors (Lipinski definition) is 8. The SMILES string of the molecule is CCOc1cc(/C=N\NC(=O)C(=O)N/N=C\c2cc(Cl)c(O)c(OCC)c2)cc(Cl)c1O. The first-order valence-corrected chi connectivity index (χ1v) is 9.99. The number of hydrogen-bond donors (Lipinski definition) is 4. The molecule has 0 spiro atoms. The first-order valence-electron chi connectivity index (χ1n) is 9.23. The molecule has 0 aliphatic heterocycles. The van der Waals surface area contributed by atoms with E-state index in [1.54, 1.807) is 13.8 Å². The minimum Gasteiger partial charge on any atom is -0.503 e. The second-order valence-electron chi connectivity index (χ2n) is 5.96. The number of phenolic OH excluding ortho intramolecular Hbond substituents is 2. The number of amides is 2. The minimum atomic E-state index is -1.08. The Morgan fingerprint density at radius 1 is 0.844 bits per heavy atom. The molecule has 0 unspecified atom stereocenters. The van der Waals surface area contributed by atoms with Crippen molar-refractivity contribution in [1.82, 2.24) is 10.9 Å². The number of rotatable bonds is 8. The zero-order valence-corrected chi connectivity index (χ0v) is 18.6. The highest BCUT2D eigenvalue weighted by molar-refractivity contribution is 6.35. The molecule has 0 aromatic heterocycles. The van der Waals surface area contributed by atoms with Gasteiger partial charge in [0.2, 0.25) is 0 Å². The summed E-state index contributed by atoms with van der Waals surface area (Å²) in [6, 6.07) is 5.73. The van der Waals surface area contributed by atoms with Crippen molar-refractivity contribution in [3.63, 3.8) is 0 Å². The first kappa shape index (κ1) is 24.8. The Hall–Kier alpha value is -3.50. The van der Waals surface area contributed by atoms with Gasteiger partial charge in [0.25, 0.3) is 0 Å². The molecule has 0 fully saturated rings. The Bertz CT molecular complexity index is 975. The molecule has 0 radical (unpaired) electrons. The van der Waals surface area contributed by atoms with Crippen molar-refractivity contribution in [3.05, 3.63) is 45.4 Å². The lowest BCUT2D eigenvalue weighted by Crippen LogP contribution is -2.35. The largest absolute Gasteiger partial charge is 0.503 e. The van der Waals surface area contributed by atoms with Gasteiger partial charge in [-0.3, -0.25) is 9.59 Å². The van der Waals surface area contributed by atoms with Gasteiger partial charge in [-0.1, -0.05) is 23.2 Å². The van der Waals surface area contributed by atoms with Crippen LogP contribution in [-0.4, -0.2) is 47.7 Å². The molecule has 0 aliphatic carbocycles. The third-order valence-electron chi connectivity index (χ3n) is 3.67. The van der Waals surface area contributed by atoms with Gasteiger partial charge in [0.15, 0.2) is 23.0 Å². The molecule has 170 valence electrons. The van der Waals surface area contributed by atoms with E-state index in [9.17, 15) is 19.8 Å². The first-order chi connectivity index (χ1) is 15.3. The monoisotopic (exact) mass is 482 g/mol. The molecule has 0 atom stereocenters. The number of phenols is 2. The van der Waals surface area contributed by atoms with Gasteiger partial charge in [0.05, 0.1) is 35.7 Å². The van der Waals surface area contributed by atoms with Crippen LogP contribution in [0.25, 0.3) is 0 Å². The number of aromatic hydroxyl groups is 2. The lowest BCUT2D eigenvalue weighted by Gasteiger charge is -2.08. The van der Waals surface area contributed by atoms with Gasteiger partial charge in [-0.15, -0.1) is 0 Å². The fourth-order valence-electron chi connectivity index (χ4n) is 2.30. The van der Waals surface area contributed by atoms with E-state index in [-0.39, 0.29) is 33.0 Å². The Balaban J connectivity index is 1.96. The fourth-order valence-corrected chi connectivity index (χ4v) is 2.74. The predicted molar refractivity (Wildman–Crippen MR) is 120 cm³/mol. The summed E-state index contributed by atoms with van der Waals surface area (Å²) in [6.45, 7) is 4.10. The Kier molecular flexibility index (Phi) is 9.11. The van der Waals surface area contributed by atoms with Gasteiger partial charge < -0.3 is 19.7 Å². The van der Waals surface area contributed by atoms with Crippen LogP contribution in [0.15, 0.2) is 34.5 Å². The molecule has 2 aromatic carbocycles. The molecule has 2 amide bonds. The van der Waals surface area contributed by atoms with Crippen LogP contribution in [-0.2, 0) is 9.59 Å². The molecule has 0 bridgehead atoms. The van der Waals surface area contributed by atoms with Crippen molar-refractivity contribution < 1.29 is 29.3 Å². The summed E-state index contributed by atoms with van der Waals surface area (Å²) < 4.78 is 10.5. The number of hydrazone groups is 2. The van der Waals surface area contributed by atoms with Crippen LogP contribution in [0.5, 0.6) is 23.0 Å². The number of benzene rings is 2. The highest BCUT2D eigenvalue weighted by Gasteiger charge is 2.13. The highest BCUT2D eigenvalue weighted by Crippen LogP contribution is 2.35. The van der Waals surface area contributed by atoms with Gasteiger partial charge in [0, 0.05) is 0 Å². The van der Waals surface area contributed by atoms with Crippen molar-refractivity contribution >= 4 is 47.4 Å². The molecule has 0 saturated carbocycles. The predicted octanol–water partition coefficient (Wildman–Crippen LogP) is 2.80. The van der Waals surface area contributed by atoms with Crippen LogP contribution in [0, 0.1) is 0 Å². The quantitative estimate of drug-likeness (QED) is 0.259. The average molecular weight is 483 g/mol. The van der Waals surface area contributed by atoms with Gasteiger partial charge in [-0.05, 0) is 49.2 Å². The molecule has 0 heterocycles. The summed E-state index contributed by atoms with van der Waals surface area (Å²) in [5.41, 5.74) is 4.90. The van der Waals surface area contributed by atoms with Crippen LogP contribution < -0.4 is 20.3 Å². The maximum Gasteiger partial charge on any atom is 0.331 e. The third kappa shape index (κ3) is 6.76. The van der Waals surface area contributed by atoms with Crippen LogP contribution in [0.2, 0.25) is 10.0 Å². The smallest absolute Gasteiger partial charge is 0.331 e. The van der Waals surface area contributed by atoms with Gasteiger partial charge in [0.1, 0.15) is 0 Å². The Labute approximate surface area is 193 Å². The van der Waals surface area contributed by atoms with E-state index < -0.39 is 11.8 Å². The number of nitrogens with zero attached hydrogens (tertiary/aromatic N) is 2. The molecule has 2 aromatic rings. The van der Waals surface area contributed by atoms with E-state index in [2.05, 4.69) is 10.2 Å². The standard InChI is InChI=1S/C20H20Cl2N4O6/c1-3-31-15-7-11(5-13(21)17(15)27)9-23-25-19(29)20(30)26-24-10-12-6-14(22)18(28)16(8-12)32-4-2/h5-10,27-28H,3-4H2,1-2H3,(H,25,29)(H,26,30)/b23-9-,24-10-.